The average Bonchev–Trinajstić information content (AvgIpc) is 2.28. The van der Waals surface area contributed by atoms with Gasteiger partial charge in [0.15, 0.2) is 0 Å². The molecule has 1 atom stereocenters. The predicted molar refractivity (Wildman–Crippen MR) is 69.1 cm³/mol. The molecule has 1 unspecified atom stereocenters. The van der Waals surface area contributed by atoms with Gasteiger partial charge in [0.25, 0.3) is 0 Å². The Hall–Kier alpha value is -0.870. The van der Waals surface area contributed by atoms with Crippen LogP contribution in [0.25, 0.3) is 0 Å². The predicted octanol–water partition coefficient (Wildman–Crippen LogP) is 2.42. The van der Waals surface area contributed by atoms with Crippen LogP contribution in [0.3, 0.4) is 0 Å². The molecule has 0 saturated carbocycles. The van der Waals surface area contributed by atoms with Crippen molar-refractivity contribution in [3.8, 4) is 0 Å². The van der Waals surface area contributed by atoms with Crippen LogP contribution < -0.4 is 0 Å². The molecular weight excluding hydrogens is 234 g/mol. The lowest BCUT2D eigenvalue weighted by atomic mass is 9.74. The third kappa shape index (κ3) is 2.11. The number of hydrogen-bond donors (Lipinski definition) is 0. The normalized spacial score (nSPS) is 24.3. The first-order valence-corrected chi connectivity index (χ1v) is 7.54. The van der Waals surface area contributed by atoms with E-state index in [1.165, 1.54) is 0 Å². The monoisotopic (exact) mass is 253 g/mol. The van der Waals surface area contributed by atoms with E-state index in [0.717, 1.165) is 5.56 Å². The highest BCUT2D eigenvalue weighted by molar-refractivity contribution is 7.89. The van der Waals surface area contributed by atoms with Crippen LogP contribution in [-0.2, 0) is 10.0 Å². The summed E-state index contributed by atoms with van der Waals surface area (Å²) in [6.07, 6.45) is 0. The van der Waals surface area contributed by atoms with E-state index in [1.54, 1.807) is 11.2 Å². The summed E-state index contributed by atoms with van der Waals surface area (Å²) >= 11 is 0. The molecule has 1 fully saturated rings. The third-order valence-electron chi connectivity index (χ3n) is 3.43. The van der Waals surface area contributed by atoms with Crippen molar-refractivity contribution in [1.29, 1.82) is 0 Å². The number of benzene rings is 1. The van der Waals surface area contributed by atoms with Gasteiger partial charge < -0.3 is 0 Å². The highest BCUT2D eigenvalue weighted by atomic mass is 32.2. The van der Waals surface area contributed by atoms with Crippen LogP contribution in [-0.4, -0.2) is 25.0 Å². The summed E-state index contributed by atoms with van der Waals surface area (Å²) in [5, 5.41) is 0. The van der Waals surface area contributed by atoms with Crippen LogP contribution in [0.5, 0.6) is 0 Å². The molecule has 1 aliphatic heterocycles. The number of hydrogen-bond acceptors (Lipinski definition) is 2. The van der Waals surface area contributed by atoms with Gasteiger partial charge in [-0.2, -0.15) is 4.31 Å². The fraction of sp³-hybridized carbons (Fsp3) is 0.538. The highest BCUT2D eigenvalue weighted by Gasteiger charge is 2.51. The smallest absolute Gasteiger partial charge is 0.212 e. The van der Waals surface area contributed by atoms with E-state index in [9.17, 15) is 8.42 Å². The van der Waals surface area contributed by atoms with Crippen molar-refractivity contribution in [2.75, 3.05) is 12.3 Å². The molecule has 0 aliphatic carbocycles. The fourth-order valence-corrected chi connectivity index (χ4v) is 4.12. The van der Waals surface area contributed by atoms with Gasteiger partial charge in [-0.25, -0.2) is 8.42 Å². The average molecular weight is 253 g/mol. The van der Waals surface area contributed by atoms with E-state index in [-0.39, 0.29) is 17.2 Å². The molecule has 1 saturated heterocycles. The Bertz CT molecular complexity index is 493. The van der Waals surface area contributed by atoms with Crippen molar-refractivity contribution in [1.82, 2.24) is 4.31 Å². The van der Waals surface area contributed by atoms with Gasteiger partial charge in [0.1, 0.15) is 0 Å². The molecule has 0 aromatic heterocycles. The van der Waals surface area contributed by atoms with Gasteiger partial charge >= 0.3 is 0 Å². The largest absolute Gasteiger partial charge is 0.214 e. The third-order valence-corrected chi connectivity index (χ3v) is 5.21. The molecule has 0 radical (unpaired) electrons. The summed E-state index contributed by atoms with van der Waals surface area (Å²) in [4.78, 5) is 0. The van der Waals surface area contributed by atoms with E-state index in [2.05, 4.69) is 13.8 Å². The summed E-state index contributed by atoms with van der Waals surface area (Å²) in [5.41, 5.74) is 1.10. The molecule has 1 aliphatic rings. The van der Waals surface area contributed by atoms with Crippen LogP contribution in [0, 0.1) is 5.41 Å². The highest BCUT2D eigenvalue weighted by Crippen LogP contribution is 2.49. The lowest BCUT2D eigenvalue weighted by molar-refractivity contribution is 0.0199. The van der Waals surface area contributed by atoms with E-state index in [1.807, 2.05) is 30.3 Å². The summed E-state index contributed by atoms with van der Waals surface area (Å²) in [6.45, 7) is 6.55. The second kappa shape index (κ2) is 4.10. The van der Waals surface area contributed by atoms with Gasteiger partial charge in [0.2, 0.25) is 10.0 Å². The lowest BCUT2D eigenvalue weighted by Gasteiger charge is -2.53. The Morgan fingerprint density at radius 3 is 2.35 bits per heavy atom. The van der Waals surface area contributed by atoms with Crippen molar-refractivity contribution in [2.45, 2.75) is 26.8 Å². The van der Waals surface area contributed by atoms with Gasteiger partial charge in [-0.1, -0.05) is 44.2 Å². The molecule has 0 amide bonds. The van der Waals surface area contributed by atoms with Crippen LogP contribution in [0.4, 0.5) is 0 Å². The molecule has 0 bridgehead atoms. The van der Waals surface area contributed by atoms with Gasteiger partial charge in [0.05, 0.1) is 11.8 Å². The molecule has 94 valence electrons. The molecule has 0 spiro atoms. The van der Waals surface area contributed by atoms with Crippen molar-refractivity contribution >= 4 is 10.0 Å². The van der Waals surface area contributed by atoms with Crippen LogP contribution in [0.2, 0.25) is 0 Å². The first-order valence-electron chi connectivity index (χ1n) is 5.93. The first kappa shape index (κ1) is 12.6. The van der Waals surface area contributed by atoms with Crippen molar-refractivity contribution in [3.63, 3.8) is 0 Å². The topological polar surface area (TPSA) is 37.4 Å². The summed E-state index contributed by atoms with van der Waals surface area (Å²) in [5.74, 6) is 0.173. The summed E-state index contributed by atoms with van der Waals surface area (Å²) in [7, 11) is -3.10. The van der Waals surface area contributed by atoms with Crippen molar-refractivity contribution in [3.05, 3.63) is 35.9 Å². The Morgan fingerprint density at radius 2 is 1.88 bits per heavy atom. The Labute approximate surface area is 104 Å². The minimum absolute atomic E-state index is 0.0175. The molecule has 1 aromatic rings. The number of sulfonamides is 1. The van der Waals surface area contributed by atoms with E-state index < -0.39 is 10.0 Å². The standard InChI is InChI=1S/C13H19NO2S/c1-4-17(15,16)14-10-13(2,3)12(14)11-8-6-5-7-9-11/h5-9,12H,4,10H2,1-3H3. The SMILES string of the molecule is CCS(=O)(=O)N1CC(C)(C)C1c1ccccc1. The second-order valence-corrected chi connectivity index (χ2v) is 7.46. The molecular formula is C13H19NO2S. The van der Waals surface area contributed by atoms with E-state index >= 15 is 0 Å². The Balaban J connectivity index is 2.36. The van der Waals surface area contributed by atoms with Gasteiger partial charge in [-0.3, -0.25) is 0 Å². The van der Waals surface area contributed by atoms with Crippen molar-refractivity contribution < 1.29 is 8.42 Å². The maximum absolute atomic E-state index is 12.0. The van der Waals surface area contributed by atoms with Gasteiger partial charge in [0, 0.05) is 6.54 Å². The zero-order valence-corrected chi connectivity index (χ0v) is 11.4. The van der Waals surface area contributed by atoms with E-state index in [0.29, 0.717) is 6.54 Å². The minimum Gasteiger partial charge on any atom is -0.212 e. The molecule has 4 heteroatoms. The second-order valence-electron chi connectivity index (χ2n) is 5.25. The molecule has 0 N–H and O–H groups in total. The van der Waals surface area contributed by atoms with Crippen LogP contribution >= 0.6 is 0 Å². The van der Waals surface area contributed by atoms with Crippen molar-refractivity contribution in [2.24, 2.45) is 5.41 Å². The summed E-state index contributed by atoms with van der Waals surface area (Å²) < 4.78 is 25.6. The molecule has 3 nitrogen and oxygen atoms in total. The van der Waals surface area contributed by atoms with E-state index in [4.69, 9.17) is 0 Å². The maximum atomic E-state index is 12.0. The maximum Gasteiger partial charge on any atom is 0.214 e. The molecule has 17 heavy (non-hydrogen) atoms. The zero-order valence-electron chi connectivity index (χ0n) is 10.6. The Kier molecular flexibility index (Phi) is 3.04. The first-order chi connectivity index (χ1) is 7.88. The minimum atomic E-state index is -3.10. The lowest BCUT2D eigenvalue weighted by Crippen LogP contribution is -2.58. The molecule has 2 rings (SSSR count). The zero-order chi connectivity index (χ0) is 12.7. The van der Waals surface area contributed by atoms with Gasteiger partial charge in [-0.15, -0.1) is 0 Å². The number of rotatable bonds is 3. The fourth-order valence-electron chi connectivity index (χ4n) is 2.53. The Morgan fingerprint density at radius 1 is 1.29 bits per heavy atom. The van der Waals surface area contributed by atoms with Crippen LogP contribution in [0.15, 0.2) is 30.3 Å². The molecule has 1 heterocycles. The molecule has 1 aromatic carbocycles. The number of nitrogens with zero attached hydrogens (tertiary/aromatic N) is 1. The van der Waals surface area contributed by atoms with Gasteiger partial charge in [-0.05, 0) is 17.9 Å². The quantitative estimate of drug-likeness (QED) is 0.829. The van der Waals surface area contributed by atoms with Crippen LogP contribution in [0.1, 0.15) is 32.4 Å². The summed E-state index contributed by atoms with van der Waals surface area (Å²) in [6, 6.07) is 9.86.